The van der Waals surface area contributed by atoms with Crippen molar-refractivity contribution in [2.75, 3.05) is 0 Å². The van der Waals surface area contributed by atoms with E-state index in [9.17, 15) is 0 Å². The summed E-state index contributed by atoms with van der Waals surface area (Å²) in [4.78, 5) is 0. The first-order valence-electron chi connectivity index (χ1n) is 38.2. The minimum Gasteiger partial charge on any atom is -0.309 e. The Morgan fingerprint density at radius 3 is 0.739 bits per heavy atom. The summed E-state index contributed by atoms with van der Waals surface area (Å²) in [6.07, 6.45) is 0. The van der Waals surface area contributed by atoms with Crippen molar-refractivity contribution in [2.45, 2.75) is 0 Å². The number of nitrogens with zero attached hydrogens (tertiary/aromatic N) is 2. The van der Waals surface area contributed by atoms with Gasteiger partial charge in [-0.2, -0.15) is 0 Å². The molecular weight excluding hydrogens is 1360 g/mol. The molecule has 0 unspecified atom stereocenters. The van der Waals surface area contributed by atoms with Crippen molar-refractivity contribution in [3.05, 3.63) is 425 Å². The number of fused-ring (bicyclic) bond motifs is 15. The van der Waals surface area contributed by atoms with Gasteiger partial charge < -0.3 is 9.13 Å². The second-order valence-corrected chi connectivity index (χ2v) is 29.9. The quantitative estimate of drug-likeness (QED) is 0.134. The number of hydrogen-bond donors (Lipinski definition) is 0. The van der Waals surface area contributed by atoms with Crippen LogP contribution in [0.4, 0.5) is 0 Å². The van der Waals surface area contributed by atoms with E-state index in [2.05, 4.69) is 434 Å². The lowest BCUT2D eigenvalue weighted by Gasteiger charge is -2.18. The molecule has 0 N–H and O–H groups in total. The molecule has 0 aliphatic heterocycles. The fourth-order valence-corrected chi connectivity index (χ4v) is 19.0. The highest BCUT2D eigenvalue weighted by molar-refractivity contribution is 7.25. The minimum atomic E-state index is 1.17. The van der Waals surface area contributed by atoms with Crippen molar-refractivity contribution in [1.29, 1.82) is 0 Å². The van der Waals surface area contributed by atoms with Crippen LogP contribution < -0.4 is 0 Å². The Kier molecular flexibility index (Phi) is 16.1. The van der Waals surface area contributed by atoms with Gasteiger partial charge in [-0.3, -0.25) is 0 Å². The maximum atomic E-state index is 2.40. The summed E-state index contributed by atoms with van der Waals surface area (Å²) in [5.41, 5.74) is 22.5. The van der Waals surface area contributed by atoms with Gasteiger partial charge in [0, 0.05) is 53.1 Å². The standard InChI is InChI=1S/2C38H25N.C32H20S/c1-3-13-26(14-4-1)37-31-18-7-9-20-33(31)38(34-21-10-8-19-32(34)37)27-23-24-30-29-17-11-12-22-35(29)39(36(30)25-27)28-15-5-2-6-16-28;1-2-12-26(13-3-1)37-31-16-4-6-18-33(31)38(34-19-7-5-17-32(34)37)27-22-24-28(25-23-27)39-35-20-10-8-14-29(35)30-15-9-11-21-36(30)39;1-2-10-21(11-3-1)31-24-13-4-6-15-26(24)32(27-16-7-5-14-25(27)31)22-18-19-30-28(20-22)23-12-8-9-17-29(23)33-30/h2*1-25H;1-20H. The topological polar surface area (TPSA) is 9.86 Å². The minimum absolute atomic E-state index is 1.17. The molecule has 0 amide bonds. The lowest BCUT2D eigenvalue weighted by molar-refractivity contribution is 1.18. The Bertz CT molecular complexity index is 7310. The molecule has 3 aromatic heterocycles. The summed E-state index contributed by atoms with van der Waals surface area (Å²) >= 11 is 1.87. The van der Waals surface area contributed by atoms with Crippen molar-refractivity contribution in [1.82, 2.24) is 9.13 Å². The Morgan fingerprint density at radius 1 is 0.135 bits per heavy atom. The number of hydrogen-bond acceptors (Lipinski definition) is 1. The molecule has 2 nitrogen and oxygen atoms in total. The molecule has 23 rings (SSSR count). The van der Waals surface area contributed by atoms with Crippen LogP contribution in [0, 0.1) is 0 Å². The first-order valence-corrected chi connectivity index (χ1v) is 39.0. The van der Waals surface area contributed by atoms with Gasteiger partial charge in [0.15, 0.2) is 0 Å². The van der Waals surface area contributed by atoms with Crippen LogP contribution in [0.2, 0.25) is 0 Å². The zero-order chi connectivity index (χ0) is 73.3. The molecule has 111 heavy (non-hydrogen) atoms. The van der Waals surface area contributed by atoms with E-state index in [0.717, 1.165) is 0 Å². The van der Waals surface area contributed by atoms with Crippen LogP contribution in [0.1, 0.15) is 0 Å². The summed E-state index contributed by atoms with van der Waals surface area (Å²) in [6.45, 7) is 0. The van der Waals surface area contributed by atoms with Gasteiger partial charge in [0.1, 0.15) is 0 Å². The van der Waals surface area contributed by atoms with Gasteiger partial charge in [0.05, 0.1) is 22.1 Å². The van der Waals surface area contributed by atoms with Crippen LogP contribution in [0.5, 0.6) is 0 Å². The van der Waals surface area contributed by atoms with E-state index < -0.39 is 0 Å². The molecule has 0 bridgehead atoms. The fourth-order valence-electron chi connectivity index (χ4n) is 17.9. The number of para-hydroxylation sites is 4. The number of thiophene rings is 1. The summed E-state index contributed by atoms with van der Waals surface area (Å²) in [7, 11) is 0. The van der Waals surface area contributed by atoms with Gasteiger partial charge in [-0.1, -0.05) is 358 Å². The maximum Gasteiger partial charge on any atom is 0.0547 e. The molecule has 0 saturated heterocycles. The van der Waals surface area contributed by atoms with Gasteiger partial charge in [-0.15, -0.1) is 11.3 Å². The third-order valence-electron chi connectivity index (χ3n) is 22.6. The van der Waals surface area contributed by atoms with E-state index in [0.29, 0.717) is 0 Å². The lowest BCUT2D eigenvalue weighted by atomic mass is 9.86. The normalized spacial score (nSPS) is 11.6. The Labute approximate surface area is 647 Å². The van der Waals surface area contributed by atoms with Crippen LogP contribution in [0.25, 0.3) is 207 Å². The predicted octanol–water partition coefficient (Wildman–Crippen LogP) is 30.5. The Hall–Kier alpha value is -14.2. The molecule has 3 heteroatoms. The van der Waals surface area contributed by atoms with Crippen molar-refractivity contribution >= 4 is 140 Å². The smallest absolute Gasteiger partial charge is 0.0547 e. The van der Waals surface area contributed by atoms with Crippen molar-refractivity contribution < 1.29 is 0 Å². The average Bonchev–Trinajstić information content (AvgIpc) is 1.22. The highest BCUT2D eigenvalue weighted by atomic mass is 32.1. The van der Waals surface area contributed by atoms with Crippen molar-refractivity contribution in [3.8, 4) is 78.1 Å². The van der Waals surface area contributed by atoms with Crippen LogP contribution in [0.15, 0.2) is 425 Å². The zero-order valence-electron chi connectivity index (χ0n) is 60.7. The summed E-state index contributed by atoms with van der Waals surface area (Å²) < 4.78 is 7.47. The second-order valence-electron chi connectivity index (χ2n) is 28.8. The van der Waals surface area contributed by atoms with E-state index in [1.165, 1.54) is 207 Å². The molecule has 23 aromatic rings. The first-order chi connectivity index (χ1) is 55.1. The van der Waals surface area contributed by atoms with Gasteiger partial charge in [0.25, 0.3) is 0 Å². The summed E-state index contributed by atoms with van der Waals surface area (Å²) in [5, 5.41) is 23.2. The molecular formula is C108H70N2S. The average molecular weight is 1430 g/mol. The predicted molar refractivity (Wildman–Crippen MR) is 479 cm³/mol. The van der Waals surface area contributed by atoms with Crippen molar-refractivity contribution in [3.63, 3.8) is 0 Å². The van der Waals surface area contributed by atoms with E-state index in [4.69, 9.17) is 0 Å². The van der Waals surface area contributed by atoms with E-state index >= 15 is 0 Å². The monoisotopic (exact) mass is 1430 g/mol. The summed E-state index contributed by atoms with van der Waals surface area (Å²) in [6, 6.07) is 154. The first kappa shape index (κ1) is 65.1. The van der Waals surface area contributed by atoms with Crippen LogP contribution >= 0.6 is 11.3 Å². The molecule has 0 atom stereocenters. The second kappa shape index (κ2) is 27.5. The molecule has 0 aliphatic carbocycles. The molecule has 0 radical (unpaired) electrons. The number of benzene rings is 20. The molecule has 0 spiro atoms. The SMILES string of the molecule is c1ccc(-c2c3ccccc3c(-c3ccc(-n4c5ccccc5c5ccccc54)cc3)c3ccccc23)cc1.c1ccc(-c2c3ccccc3c(-c3ccc4c5ccccc5n(-c5ccccc5)c4c3)c3ccccc23)cc1.c1ccc(-c2c3ccccc3c(-c3ccc4sc5ccccc5c4c3)c3ccccc23)cc1. The zero-order valence-corrected chi connectivity index (χ0v) is 61.5. The van der Waals surface area contributed by atoms with Gasteiger partial charge in [-0.25, -0.2) is 0 Å². The molecule has 20 aromatic carbocycles. The van der Waals surface area contributed by atoms with E-state index in [-0.39, 0.29) is 0 Å². The van der Waals surface area contributed by atoms with Gasteiger partial charge in [0.2, 0.25) is 0 Å². The highest BCUT2D eigenvalue weighted by Crippen LogP contribution is 2.49. The van der Waals surface area contributed by atoms with Crippen LogP contribution in [0.3, 0.4) is 0 Å². The molecule has 0 saturated carbocycles. The van der Waals surface area contributed by atoms with Gasteiger partial charge in [-0.05, 0) is 198 Å². The number of rotatable bonds is 8. The molecule has 0 fully saturated rings. The Morgan fingerprint density at radius 2 is 0.369 bits per heavy atom. The summed E-state index contributed by atoms with van der Waals surface area (Å²) in [5.74, 6) is 0. The highest BCUT2D eigenvalue weighted by Gasteiger charge is 2.23. The maximum absolute atomic E-state index is 2.40. The Balaban J connectivity index is 0.000000106. The molecule has 518 valence electrons. The van der Waals surface area contributed by atoms with Crippen LogP contribution in [-0.4, -0.2) is 9.13 Å². The fraction of sp³-hybridized carbons (Fsp3) is 0. The van der Waals surface area contributed by atoms with Gasteiger partial charge >= 0.3 is 0 Å². The number of aromatic nitrogens is 2. The van der Waals surface area contributed by atoms with E-state index in [1.54, 1.807) is 0 Å². The third kappa shape index (κ3) is 11.1. The van der Waals surface area contributed by atoms with Crippen LogP contribution in [-0.2, 0) is 0 Å². The van der Waals surface area contributed by atoms with Crippen molar-refractivity contribution in [2.24, 2.45) is 0 Å². The largest absolute Gasteiger partial charge is 0.309 e. The molecule has 0 aliphatic rings. The molecule has 3 heterocycles. The van der Waals surface area contributed by atoms with E-state index in [1.807, 2.05) is 11.3 Å². The lowest BCUT2D eigenvalue weighted by Crippen LogP contribution is -1.94. The third-order valence-corrected chi connectivity index (χ3v) is 23.8.